The number of amides is 2. The molecule has 0 saturated heterocycles. The van der Waals surface area contributed by atoms with Crippen molar-refractivity contribution in [2.24, 2.45) is 0 Å². The van der Waals surface area contributed by atoms with Crippen molar-refractivity contribution in [2.45, 2.75) is 84.2 Å². The van der Waals surface area contributed by atoms with Gasteiger partial charge in [-0.05, 0) is 95.9 Å². The standard InChI is InChI=1S/C30H41N3O3/c1-5-35-27-20-26(21-28(23(27)3)36-6-2)24(4)33(19-13-10-16-25-14-8-7-9-15-25)29(34)32-30(22-31)17-11-12-18-30/h7-9,14-15,20-21,24H,5-6,10-13,16-19H2,1-4H3,(H,32,34). The molecule has 6 heteroatoms. The zero-order valence-electron chi connectivity index (χ0n) is 22.3. The molecule has 36 heavy (non-hydrogen) atoms. The Bertz CT molecular complexity index is 998. The Morgan fingerprint density at radius 2 is 1.69 bits per heavy atom. The SMILES string of the molecule is CCOc1cc(C(C)N(CCCCc2ccccc2)C(=O)NC2(C#N)CCCC2)cc(OCC)c1C. The monoisotopic (exact) mass is 491 g/mol. The van der Waals surface area contributed by atoms with Crippen molar-refractivity contribution in [3.63, 3.8) is 0 Å². The van der Waals surface area contributed by atoms with Gasteiger partial charge in [-0.15, -0.1) is 0 Å². The number of hydrogen-bond acceptors (Lipinski definition) is 4. The molecule has 1 aliphatic carbocycles. The molecule has 194 valence electrons. The summed E-state index contributed by atoms with van der Waals surface area (Å²) in [6, 6.07) is 16.5. The highest BCUT2D eigenvalue weighted by Gasteiger charge is 2.37. The molecule has 0 spiro atoms. The number of nitriles is 1. The molecule has 0 aromatic heterocycles. The van der Waals surface area contributed by atoms with Gasteiger partial charge in [0.1, 0.15) is 17.0 Å². The Kier molecular flexibility index (Phi) is 10.0. The first-order chi connectivity index (χ1) is 17.4. The number of carbonyl (C=O) groups excluding carboxylic acids is 1. The fourth-order valence-corrected chi connectivity index (χ4v) is 4.96. The molecule has 1 aliphatic rings. The van der Waals surface area contributed by atoms with Crippen molar-refractivity contribution in [2.75, 3.05) is 19.8 Å². The van der Waals surface area contributed by atoms with Gasteiger partial charge in [0.15, 0.2) is 0 Å². The van der Waals surface area contributed by atoms with Crippen LogP contribution in [0, 0.1) is 18.3 Å². The number of rotatable bonds is 12. The molecule has 3 rings (SSSR count). The second kappa shape index (κ2) is 13.2. The Labute approximate surface area is 216 Å². The second-order valence-corrected chi connectivity index (χ2v) is 9.65. The van der Waals surface area contributed by atoms with Gasteiger partial charge < -0.3 is 19.7 Å². The first-order valence-corrected chi connectivity index (χ1v) is 13.4. The molecule has 0 heterocycles. The van der Waals surface area contributed by atoms with Crippen LogP contribution in [0.2, 0.25) is 0 Å². The van der Waals surface area contributed by atoms with Crippen LogP contribution in [0.3, 0.4) is 0 Å². The summed E-state index contributed by atoms with van der Waals surface area (Å²) < 4.78 is 11.8. The van der Waals surface area contributed by atoms with Gasteiger partial charge in [0.25, 0.3) is 0 Å². The zero-order chi connectivity index (χ0) is 26.0. The van der Waals surface area contributed by atoms with Crippen LogP contribution in [-0.4, -0.2) is 36.2 Å². The molecule has 0 radical (unpaired) electrons. The normalized spacial score (nSPS) is 15.1. The molecule has 2 aromatic rings. The van der Waals surface area contributed by atoms with Crippen molar-refractivity contribution in [1.29, 1.82) is 5.26 Å². The van der Waals surface area contributed by atoms with E-state index in [1.165, 1.54) is 5.56 Å². The minimum absolute atomic E-state index is 0.179. The summed E-state index contributed by atoms with van der Waals surface area (Å²) in [7, 11) is 0. The molecule has 0 bridgehead atoms. The highest BCUT2D eigenvalue weighted by atomic mass is 16.5. The van der Waals surface area contributed by atoms with Crippen LogP contribution in [0.1, 0.15) is 82.0 Å². The maximum absolute atomic E-state index is 13.6. The Balaban J connectivity index is 1.83. The summed E-state index contributed by atoms with van der Waals surface area (Å²) in [6.45, 7) is 9.67. The molecule has 1 atom stereocenters. The Morgan fingerprint density at radius 1 is 1.08 bits per heavy atom. The average Bonchev–Trinajstić information content (AvgIpc) is 3.35. The number of nitrogens with one attached hydrogen (secondary N) is 1. The van der Waals surface area contributed by atoms with Gasteiger partial charge in [0, 0.05) is 12.1 Å². The van der Waals surface area contributed by atoms with Gasteiger partial charge in [-0.2, -0.15) is 5.26 Å². The molecule has 1 saturated carbocycles. The average molecular weight is 492 g/mol. The second-order valence-electron chi connectivity index (χ2n) is 9.65. The molecular weight excluding hydrogens is 450 g/mol. The summed E-state index contributed by atoms with van der Waals surface area (Å²) in [5, 5.41) is 13.0. The van der Waals surface area contributed by atoms with Gasteiger partial charge in [-0.25, -0.2) is 4.79 Å². The molecule has 1 N–H and O–H groups in total. The lowest BCUT2D eigenvalue weighted by molar-refractivity contribution is 0.169. The van der Waals surface area contributed by atoms with Crippen LogP contribution >= 0.6 is 0 Å². The van der Waals surface area contributed by atoms with E-state index >= 15 is 0 Å². The van der Waals surface area contributed by atoms with Crippen molar-refractivity contribution in [3.8, 4) is 17.6 Å². The molecule has 6 nitrogen and oxygen atoms in total. The summed E-state index contributed by atoms with van der Waals surface area (Å²) in [5.41, 5.74) is 2.46. The van der Waals surface area contributed by atoms with Crippen molar-refractivity contribution in [3.05, 3.63) is 59.2 Å². The Morgan fingerprint density at radius 3 is 2.25 bits per heavy atom. The van der Waals surface area contributed by atoms with Crippen LogP contribution in [0.4, 0.5) is 4.79 Å². The topological polar surface area (TPSA) is 74.6 Å². The number of carbonyl (C=O) groups is 1. The number of urea groups is 1. The van der Waals surface area contributed by atoms with Gasteiger partial charge in [-0.1, -0.05) is 30.3 Å². The van der Waals surface area contributed by atoms with E-state index in [-0.39, 0.29) is 12.1 Å². The molecule has 1 unspecified atom stereocenters. The smallest absolute Gasteiger partial charge is 0.319 e. The fraction of sp³-hybridized carbons (Fsp3) is 0.533. The lowest BCUT2D eigenvalue weighted by Crippen LogP contribution is -2.52. The molecule has 2 amide bonds. The maximum Gasteiger partial charge on any atom is 0.319 e. The number of ether oxygens (including phenoxy) is 2. The van der Waals surface area contributed by atoms with E-state index in [0.717, 1.165) is 54.7 Å². The highest BCUT2D eigenvalue weighted by Crippen LogP contribution is 2.35. The summed E-state index contributed by atoms with van der Waals surface area (Å²) >= 11 is 0. The fourth-order valence-electron chi connectivity index (χ4n) is 4.96. The van der Waals surface area contributed by atoms with E-state index in [1.54, 1.807) is 0 Å². The van der Waals surface area contributed by atoms with Crippen LogP contribution in [0.5, 0.6) is 11.5 Å². The number of nitrogens with zero attached hydrogens (tertiary/aromatic N) is 2. The van der Waals surface area contributed by atoms with Gasteiger partial charge in [0.2, 0.25) is 0 Å². The van der Waals surface area contributed by atoms with Gasteiger partial charge in [0.05, 0.1) is 25.3 Å². The number of benzene rings is 2. The highest BCUT2D eigenvalue weighted by molar-refractivity contribution is 5.76. The third-order valence-corrected chi connectivity index (χ3v) is 7.12. The third-order valence-electron chi connectivity index (χ3n) is 7.12. The van der Waals surface area contributed by atoms with E-state index in [4.69, 9.17) is 9.47 Å². The van der Waals surface area contributed by atoms with Crippen molar-refractivity contribution in [1.82, 2.24) is 10.2 Å². The first kappa shape index (κ1) is 27.4. The number of aryl methyl sites for hydroxylation is 1. The number of unbranched alkanes of at least 4 members (excludes halogenated alkanes) is 1. The third kappa shape index (κ3) is 6.94. The van der Waals surface area contributed by atoms with E-state index in [0.29, 0.717) is 32.6 Å². The summed E-state index contributed by atoms with van der Waals surface area (Å²) in [5.74, 6) is 1.55. The summed E-state index contributed by atoms with van der Waals surface area (Å²) in [6.07, 6.45) is 6.17. The van der Waals surface area contributed by atoms with Crippen molar-refractivity contribution >= 4 is 6.03 Å². The molecular formula is C30H41N3O3. The van der Waals surface area contributed by atoms with E-state index in [2.05, 4.69) is 35.7 Å². The van der Waals surface area contributed by atoms with Crippen LogP contribution < -0.4 is 14.8 Å². The first-order valence-electron chi connectivity index (χ1n) is 13.4. The molecule has 0 aliphatic heterocycles. The minimum Gasteiger partial charge on any atom is -0.493 e. The lowest BCUT2D eigenvalue weighted by Gasteiger charge is -2.33. The van der Waals surface area contributed by atoms with Crippen LogP contribution in [0.25, 0.3) is 0 Å². The predicted octanol–water partition coefficient (Wildman–Crippen LogP) is 6.72. The van der Waals surface area contributed by atoms with E-state index < -0.39 is 5.54 Å². The predicted molar refractivity (Wildman–Crippen MR) is 143 cm³/mol. The van der Waals surface area contributed by atoms with E-state index in [1.807, 2.05) is 50.8 Å². The van der Waals surface area contributed by atoms with Gasteiger partial charge in [-0.3, -0.25) is 0 Å². The maximum atomic E-state index is 13.6. The summed E-state index contributed by atoms with van der Waals surface area (Å²) in [4.78, 5) is 15.5. The largest absolute Gasteiger partial charge is 0.493 e. The number of hydrogen-bond donors (Lipinski definition) is 1. The molecule has 1 fully saturated rings. The minimum atomic E-state index is -0.765. The van der Waals surface area contributed by atoms with Crippen LogP contribution in [-0.2, 0) is 6.42 Å². The Hall–Kier alpha value is -3.20. The van der Waals surface area contributed by atoms with Crippen LogP contribution in [0.15, 0.2) is 42.5 Å². The zero-order valence-corrected chi connectivity index (χ0v) is 22.3. The van der Waals surface area contributed by atoms with Gasteiger partial charge >= 0.3 is 6.03 Å². The lowest BCUT2D eigenvalue weighted by atomic mass is 9.99. The molecule has 2 aromatic carbocycles. The van der Waals surface area contributed by atoms with E-state index in [9.17, 15) is 10.1 Å². The van der Waals surface area contributed by atoms with Crippen molar-refractivity contribution < 1.29 is 14.3 Å². The quantitative estimate of drug-likeness (QED) is 0.334.